The number of nitrogens with one attached hydrogen (secondary N) is 2. The molecule has 1 aromatic carbocycles. The van der Waals surface area contributed by atoms with Crippen LogP contribution in [-0.2, 0) is 0 Å². The molecule has 0 radical (unpaired) electrons. The van der Waals surface area contributed by atoms with Crippen LogP contribution in [-0.4, -0.2) is 23.6 Å². The van der Waals surface area contributed by atoms with Gasteiger partial charge in [-0.25, -0.2) is 9.38 Å². The molecule has 19 heavy (non-hydrogen) atoms. The number of guanidine groups is 1. The van der Waals surface area contributed by atoms with Gasteiger partial charge in [0.15, 0.2) is 12.8 Å². The van der Waals surface area contributed by atoms with Crippen LogP contribution in [0.4, 0.5) is 4.39 Å². The molecule has 0 unspecified atom stereocenters. The molecule has 5 nitrogen and oxygen atoms in total. The van der Waals surface area contributed by atoms with Crippen molar-refractivity contribution in [1.29, 1.82) is 0 Å². The summed E-state index contributed by atoms with van der Waals surface area (Å²) in [4.78, 5) is 17.8. The lowest BCUT2D eigenvalue weighted by Crippen LogP contribution is -2.37. The number of hydrogen-bond acceptors (Lipinski definition) is 2. The number of halogens is 3. The average molecular weight is 307 g/mol. The van der Waals surface area contributed by atoms with E-state index in [4.69, 9.17) is 5.73 Å². The average Bonchev–Trinajstić information content (AvgIpc) is 2.72. The van der Waals surface area contributed by atoms with Gasteiger partial charge in [-0.2, -0.15) is 0 Å². The number of aliphatic imine (C=N–C) groups is 1. The van der Waals surface area contributed by atoms with Gasteiger partial charge in [0.05, 0.1) is 0 Å². The number of carbonyl (C=O) groups is 1. The lowest BCUT2D eigenvalue weighted by Gasteiger charge is -2.00. The zero-order valence-electron chi connectivity index (χ0n) is 9.72. The van der Waals surface area contributed by atoms with Crippen LogP contribution in [0.3, 0.4) is 0 Å². The first-order valence-electron chi connectivity index (χ1n) is 4.95. The van der Waals surface area contributed by atoms with Gasteiger partial charge in [-0.05, 0) is 12.1 Å². The van der Waals surface area contributed by atoms with E-state index in [-0.39, 0.29) is 30.8 Å². The summed E-state index contributed by atoms with van der Waals surface area (Å²) in [6, 6.07) is 9.15. The fourth-order valence-electron chi connectivity index (χ4n) is 1.48. The van der Waals surface area contributed by atoms with E-state index in [1.807, 2.05) is 24.3 Å². The Labute approximate surface area is 121 Å². The Morgan fingerprint density at radius 3 is 2.68 bits per heavy atom. The normalized spacial score (nSPS) is 10.5. The van der Waals surface area contributed by atoms with Crippen LogP contribution in [0.5, 0.6) is 0 Å². The van der Waals surface area contributed by atoms with Gasteiger partial charge in [-0.15, -0.1) is 24.8 Å². The molecule has 2 rings (SSSR count). The molecule has 0 aliphatic heterocycles. The number of amides is 1. The van der Waals surface area contributed by atoms with Crippen molar-refractivity contribution in [3.63, 3.8) is 0 Å². The summed E-state index contributed by atoms with van der Waals surface area (Å²) in [6.07, 6.45) is 0. The van der Waals surface area contributed by atoms with Crippen LogP contribution in [0.15, 0.2) is 35.3 Å². The molecule has 104 valence electrons. The van der Waals surface area contributed by atoms with Gasteiger partial charge in [-0.1, -0.05) is 18.2 Å². The molecule has 1 aromatic heterocycles. The van der Waals surface area contributed by atoms with Gasteiger partial charge in [0, 0.05) is 10.9 Å². The molecule has 1 amide bonds. The second kappa shape index (κ2) is 7.60. The summed E-state index contributed by atoms with van der Waals surface area (Å²) >= 11 is 0. The summed E-state index contributed by atoms with van der Waals surface area (Å²) in [5.74, 6) is -0.688. The van der Waals surface area contributed by atoms with Crippen LogP contribution in [0.1, 0.15) is 10.5 Å². The third-order valence-electron chi connectivity index (χ3n) is 2.25. The second-order valence-corrected chi connectivity index (χ2v) is 3.39. The molecule has 2 aromatic rings. The molecule has 0 spiro atoms. The highest BCUT2D eigenvalue weighted by molar-refractivity contribution is 6.06. The molecule has 0 saturated carbocycles. The summed E-state index contributed by atoms with van der Waals surface area (Å²) in [5.41, 5.74) is 6.48. The largest absolute Gasteiger partial charge is 0.370 e. The van der Waals surface area contributed by atoms with E-state index < -0.39 is 12.7 Å². The fraction of sp³-hybridized carbons (Fsp3) is 0.0909. The third-order valence-corrected chi connectivity index (χ3v) is 2.25. The van der Waals surface area contributed by atoms with Crippen LogP contribution >= 0.6 is 24.8 Å². The van der Waals surface area contributed by atoms with Crippen molar-refractivity contribution in [2.75, 3.05) is 6.80 Å². The SMILES string of the molecule is Cl.Cl.N/C(=N\CF)NC(=O)c1cc2ccccc2[nH]1. The quantitative estimate of drug-likeness (QED) is 0.450. The predicted molar refractivity (Wildman–Crippen MR) is 77.9 cm³/mol. The summed E-state index contributed by atoms with van der Waals surface area (Å²) in [6.45, 7) is -0.960. The fourth-order valence-corrected chi connectivity index (χ4v) is 1.48. The zero-order valence-corrected chi connectivity index (χ0v) is 11.4. The van der Waals surface area contributed by atoms with Gasteiger partial charge >= 0.3 is 0 Å². The van der Waals surface area contributed by atoms with Crippen LogP contribution in [0.25, 0.3) is 10.9 Å². The maximum atomic E-state index is 11.8. The lowest BCUT2D eigenvalue weighted by molar-refractivity contribution is 0.0972. The molecule has 0 fully saturated rings. The van der Waals surface area contributed by atoms with Gasteiger partial charge in [0.1, 0.15) is 5.69 Å². The summed E-state index contributed by atoms with van der Waals surface area (Å²) in [7, 11) is 0. The molecular formula is C11H13Cl2FN4O. The maximum Gasteiger partial charge on any atom is 0.274 e. The van der Waals surface area contributed by atoms with Crippen LogP contribution < -0.4 is 11.1 Å². The summed E-state index contributed by atoms with van der Waals surface area (Å²) < 4.78 is 11.8. The van der Waals surface area contributed by atoms with E-state index in [9.17, 15) is 9.18 Å². The minimum Gasteiger partial charge on any atom is -0.370 e. The minimum atomic E-state index is -0.960. The standard InChI is InChI=1S/C11H11FN4O.2ClH/c12-6-14-11(13)16-10(17)9-5-7-3-1-2-4-8(7)15-9;;/h1-5,15H,6H2,(H3,13,14,16,17);2*1H. The first kappa shape index (κ1) is 17.2. The number of benzene rings is 1. The number of alkyl halides is 1. The molecule has 0 atom stereocenters. The van der Waals surface area contributed by atoms with Crippen molar-refractivity contribution >= 4 is 47.6 Å². The topological polar surface area (TPSA) is 83.3 Å². The number of H-pyrrole nitrogens is 1. The Morgan fingerprint density at radius 2 is 2.05 bits per heavy atom. The Balaban J connectivity index is 0.00000162. The number of fused-ring (bicyclic) bond motifs is 1. The van der Waals surface area contributed by atoms with Gasteiger partial charge < -0.3 is 10.7 Å². The predicted octanol–water partition coefficient (Wildman–Crippen LogP) is 1.98. The van der Waals surface area contributed by atoms with Crippen molar-refractivity contribution < 1.29 is 9.18 Å². The maximum absolute atomic E-state index is 11.8. The number of carbonyl (C=O) groups excluding carboxylic acids is 1. The van der Waals surface area contributed by atoms with Crippen LogP contribution in [0.2, 0.25) is 0 Å². The van der Waals surface area contributed by atoms with Crippen molar-refractivity contribution in [1.82, 2.24) is 10.3 Å². The first-order valence-corrected chi connectivity index (χ1v) is 4.95. The Kier molecular flexibility index (Phi) is 6.89. The number of rotatable bonds is 2. The molecular weight excluding hydrogens is 294 g/mol. The monoisotopic (exact) mass is 306 g/mol. The van der Waals surface area contributed by atoms with Crippen molar-refractivity contribution in [3.05, 3.63) is 36.0 Å². The number of hydrogen-bond donors (Lipinski definition) is 3. The Bertz CT molecular complexity index is 552. The molecule has 1 heterocycles. The van der Waals surface area contributed by atoms with E-state index in [0.717, 1.165) is 10.9 Å². The molecule has 4 N–H and O–H groups in total. The van der Waals surface area contributed by atoms with E-state index in [1.54, 1.807) is 6.07 Å². The Morgan fingerprint density at radius 1 is 1.37 bits per heavy atom. The lowest BCUT2D eigenvalue weighted by atomic mass is 10.2. The van der Waals surface area contributed by atoms with E-state index in [2.05, 4.69) is 15.3 Å². The first-order chi connectivity index (χ1) is 8.20. The van der Waals surface area contributed by atoms with Gasteiger partial charge in [-0.3, -0.25) is 10.1 Å². The van der Waals surface area contributed by atoms with Gasteiger partial charge in [0.2, 0.25) is 0 Å². The van der Waals surface area contributed by atoms with E-state index in [0.29, 0.717) is 5.69 Å². The van der Waals surface area contributed by atoms with Crippen LogP contribution in [0, 0.1) is 0 Å². The molecule has 0 bridgehead atoms. The van der Waals surface area contributed by atoms with E-state index >= 15 is 0 Å². The van der Waals surface area contributed by atoms with Crippen molar-refractivity contribution in [2.45, 2.75) is 0 Å². The van der Waals surface area contributed by atoms with Crippen molar-refractivity contribution in [3.8, 4) is 0 Å². The molecule has 0 aliphatic carbocycles. The molecule has 8 heteroatoms. The zero-order chi connectivity index (χ0) is 12.3. The third kappa shape index (κ3) is 4.11. The highest BCUT2D eigenvalue weighted by atomic mass is 35.5. The second-order valence-electron chi connectivity index (χ2n) is 3.39. The number of aromatic amines is 1. The number of nitrogens with zero attached hydrogens (tertiary/aromatic N) is 1. The number of para-hydroxylation sites is 1. The highest BCUT2D eigenvalue weighted by Crippen LogP contribution is 2.14. The number of aromatic nitrogens is 1. The summed E-state index contributed by atoms with van der Waals surface area (Å²) in [5, 5.41) is 3.19. The number of nitrogens with two attached hydrogens (primary N) is 1. The minimum absolute atomic E-state index is 0. The molecule has 0 aliphatic rings. The van der Waals surface area contributed by atoms with E-state index in [1.165, 1.54) is 0 Å². The smallest absolute Gasteiger partial charge is 0.274 e. The highest BCUT2D eigenvalue weighted by Gasteiger charge is 2.09. The Hall–Kier alpha value is -1.79. The molecule has 0 saturated heterocycles. The van der Waals surface area contributed by atoms with Crippen molar-refractivity contribution in [2.24, 2.45) is 10.7 Å². The van der Waals surface area contributed by atoms with Gasteiger partial charge in [0.25, 0.3) is 5.91 Å².